The standard InChI is InChI=1S/C13H18N2S/c1-4-9-5-6-10-11(7-9)16-12(15-10)13(2,3)8-14/h9H,4-7H2,1-3H3. The summed E-state index contributed by atoms with van der Waals surface area (Å²) < 4.78 is 0. The number of rotatable bonds is 2. The lowest BCUT2D eigenvalue weighted by atomic mass is 9.89. The third-order valence-corrected chi connectivity index (χ3v) is 4.88. The molecule has 2 rings (SSSR count). The Balaban J connectivity index is 2.29. The Kier molecular flexibility index (Phi) is 3.03. The lowest BCUT2D eigenvalue weighted by Gasteiger charge is -2.18. The van der Waals surface area contributed by atoms with Crippen LogP contribution in [0.5, 0.6) is 0 Å². The van der Waals surface area contributed by atoms with Gasteiger partial charge in [-0.1, -0.05) is 13.3 Å². The highest BCUT2D eigenvalue weighted by Gasteiger charge is 2.28. The van der Waals surface area contributed by atoms with Gasteiger partial charge in [0, 0.05) is 4.88 Å². The van der Waals surface area contributed by atoms with Gasteiger partial charge in [0.25, 0.3) is 0 Å². The van der Waals surface area contributed by atoms with E-state index < -0.39 is 5.41 Å². The van der Waals surface area contributed by atoms with Gasteiger partial charge in [0.2, 0.25) is 0 Å². The van der Waals surface area contributed by atoms with E-state index in [4.69, 9.17) is 5.26 Å². The van der Waals surface area contributed by atoms with Crippen LogP contribution in [-0.2, 0) is 18.3 Å². The van der Waals surface area contributed by atoms with E-state index >= 15 is 0 Å². The van der Waals surface area contributed by atoms with Crippen LogP contribution in [-0.4, -0.2) is 4.98 Å². The Bertz CT molecular complexity index is 426. The molecule has 0 saturated heterocycles. The zero-order chi connectivity index (χ0) is 11.8. The van der Waals surface area contributed by atoms with Crippen molar-refractivity contribution in [1.82, 2.24) is 4.98 Å². The molecule has 0 amide bonds. The van der Waals surface area contributed by atoms with Crippen LogP contribution in [0.4, 0.5) is 0 Å². The van der Waals surface area contributed by atoms with Gasteiger partial charge >= 0.3 is 0 Å². The Hall–Kier alpha value is -0.880. The first-order valence-electron chi connectivity index (χ1n) is 5.97. The topological polar surface area (TPSA) is 36.7 Å². The molecule has 1 atom stereocenters. The first-order valence-corrected chi connectivity index (χ1v) is 6.78. The van der Waals surface area contributed by atoms with Crippen LogP contribution in [0.3, 0.4) is 0 Å². The van der Waals surface area contributed by atoms with Gasteiger partial charge in [-0.15, -0.1) is 11.3 Å². The Morgan fingerprint density at radius 1 is 1.56 bits per heavy atom. The van der Waals surface area contributed by atoms with E-state index in [1.165, 1.54) is 29.8 Å². The molecule has 0 fully saturated rings. The monoisotopic (exact) mass is 234 g/mol. The molecule has 0 saturated carbocycles. The zero-order valence-corrected chi connectivity index (χ0v) is 11.0. The van der Waals surface area contributed by atoms with Crippen molar-refractivity contribution < 1.29 is 0 Å². The van der Waals surface area contributed by atoms with E-state index in [2.05, 4.69) is 18.0 Å². The summed E-state index contributed by atoms with van der Waals surface area (Å²) >= 11 is 1.75. The van der Waals surface area contributed by atoms with E-state index in [1.807, 2.05) is 13.8 Å². The number of hydrogen-bond acceptors (Lipinski definition) is 3. The van der Waals surface area contributed by atoms with E-state index in [1.54, 1.807) is 11.3 Å². The van der Waals surface area contributed by atoms with Gasteiger partial charge in [0.15, 0.2) is 0 Å². The molecule has 0 spiro atoms. The molecule has 2 nitrogen and oxygen atoms in total. The molecule has 16 heavy (non-hydrogen) atoms. The highest BCUT2D eigenvalue weighted by Crippen LogP contribution is 2.35. The summed E-state index contributed by atoms with van der Waals surface area (Å²) in [6.07, 6.45) is 4.80. The number of thiazole rings is 1. The lowest BCUT2D eigenvalue weighted by molar-refractivity contribution is 0.445. The number of aromatic nitrogens is 1. The van der Waals surface area contributed by atoms with Crippen LogP contribution in [0.1, 0.15) is 49.2 Å². The predicted octanol–water partition coefficient (Wildman–Crippen LogP) is 3.46. The van der Waals surface area contributed by atoms with Crippen molar-refractivity contribution in [2.24, 2.45) is 5.92 Å². The minimum atomic E-state index is -0.427. The van der Waals surface area contributed by atoms with Crippen molar-refractivity contribution in [3.05, 3.63) is 15.6 Å². The number of fused-ring (bicyclic) bond motifs is 1. The maximum atomic E-state index is 9.12. The smallest absolute Gasteiger partial charge is 0.113 e. The van der Waals surface area contributed by atoms with E-state index in [0.717, 1.165) is 17.3 Å². The second kappa shape index (κ2) is 4.18. The van der Waals surface area contributed by atoms with E-state index in [0.29, 0.717) is 0 Å². The Morgan fingerprint density at radius 2 is 2.31 bits per heavy atom. The fourth-order valence-corrected chi connectivity index (χ4v) is 3.38. The summed E-state index contributed by atoms with van der Waals surface area (Å²) in [7, 11) is 0. The Morgan fingerprint density at radius 3 is 2.94 bits per heavy atom. The van der Waals surface area contributed by atoms with Gasteiger partial charge in [-0.3, -0.25) is 0 Å². The van der Waals surface area contributed by atoms with Crippen molar-refractivity contribution in [1.29, 1.82) is 5.26 Å². The SMILES string of the molecule is CCC1CCc2nc(C(C)(C)C#N)sc2C1. The molecule has 1 heterocycles. The second-order valence-corrected chi connectivity index (χ2v) is 6.23. The highest BCUT2D eigenvalue weighted by atomic mass is 32.1. The normalized spacial score (nSPS) is 20.2. The summed E-state index contributed by atoms with van der Waals surface area (Å²) in [5.74, 6) is 0.825. The number of hydrogen-bond donors (Lipinski definition) is 0. The van der Waals surface area contributed by atoms with Gasteiger partial charge in [-0.2, -0.15) is 5.26 Å². The van der Waals surface area contributed by atoms with Gasteiger partial charge < -0.3 is 0 Å². The van der Waals surface area contributed by atoms with Crippen LogP contribution in [0.2, 0.25) is 0 Å². The summed E-state index contributed by atoms with van der Waals surface area (Å²) in [6.45, 7) is 6.17. The van der Waals surface area contributed by atoms with Crippen LogP contribution < -0.4 is 0 Å². The predicted molar refractivity (Wildman–Crippen MR) is 66.6 cm³/mol. The molecule has 1 aromatic rings. The molecule has 0 aliphatic heterocycles. The minimum absolute atomic E-state index is 0.427. The first kappa shape index (κ1) is 11.6. The van der Waals surface area contributed by atoms with Gasteiger partial charge in [-0.25, -0.2) is 4.98 Å². The summed E-state index contributed by atoms with van der Waals surface area (Å²) in [6, 6.07) is 2.34. The quantitative estimate of drug-likeness (QED) is 0.785. The van der Waals surface area contributed by atoms with Gasteiger partial charge in [0.1, 0.15) is 10.4 Å². The molecule has 0 N–H and O–H groups in total. The Labute approximate surface area is 101 Å². The molecule has 0 radical (unpaired) electrons. The molecule has 0 aromatic carbocycles. The van der Waals surface area contributed by atoms with Crippen LogP contribution in [0, 0.1) is 17.2 Å². The van der Waals surface area contributed by atoms with Crippen molar-refractivity contribution in [3.8, 4) is 6.07 Å². The fraction of sp³-hybridized carbons (Fsp3) is 0.692. The third-order valence-electron chi connectivity index (χ3n) is 3.43. The molecule has 1 aliphatic rings. The molecular weight excluding hydrogens is 216 g/mol. The van der Waals surface area contributed by atoms with Crippen molar-refractivity contribution in [2.75, 3.05) is 0 Å². The maximum absolute atomic E-state index is 9.12. The van der Waals surface area contributed by atoms with Crippen LogP contribution >= 0.6 is 11.3 Å². The lowest BCUT2D eigenvalue weighted by Crippen LogP contribution is -2.14. The molecule has 1 aromatic heterocycles. The molecule has 0 bridgehead atoms. The van der Waals surface area contributed by atoms with Crippen molar-refractivity contribution in [2.45, 2.75) is 51.9 Å². The highest BCUT2D eigenvalue weighted by molar-refractivity contribution is 7.12. The van der Waals surface area contributed by atoms with Crippen LogP contribution in [0.15, 0.2) is 0 Å². The summed E-state index contributed by atoms with van der Waals surface area (Å²) in [5, 5.41) is 10.1. The molecule has 1 unspecified atom stereocenters. The first-order chi connectivity index (χ1) is 7.56. The van der Waals surface area contributed by atoms with Crippen molar-refractivity contribution >= 4 is 11.3 Å². The molecular formula is C13H18N2S. The molecule has 1 aliphatic carbocycles. The third kappa shape index (κ3) is 1.99. The van der Waals surface area contributed by atoms with E-state index in [-0.39, 0.29) is 0 Å². The number of aryl methyl sites for hydroxylation is 1. The van der Waals surface area contributed by atoms with Crippen molar-refractivity contribution in [3.63, 3.8) is 0 Å². The maximum Gasteiger partial charge on any atom is 0.113 e. The van der Waals surface area contributed by atoms with Gasteiger partial charge in [0.05, 0.1) is 11.8 Å². The largest absolute Gasteiger partial charge is 0.244 e. The second-order valence-electron chi connectivity index (χ2n) is 5.14. The van der Waals surface area contributed by atoms with Crippen LogP contribution in [0.25, 0.3) is 0 Å². The molecule has 3 heteroatoms. The summed E-state index contributed by atoms with van der Waals surface area (Å²) in [5.41, 5.74) is 0.831. The minimum Gasteiger partial charge on any atom is -0.244 e. The van der Waals surface area contributed by atoms with Gasteiger partial charge in [-0.05, 0) is 39.0 Å². The number of nitriles is 1. The average molecular weight is 234 g/mol. The average Bonchev–Trinajstić information content (AvgIpc) is 2.72. The zero-order valence-electron chi connectivity index (χ0n) is 10.2. The molecule has 86 valence electrons. The van der Waals surface area contributed by atoms with E-state index in [9.17, 15) is 0 Å². The summed E-state index contributed by atoms with van der Waals surface area (Å²) in [4.78, 5) is 6.09. The number of nitrogens with zero attached hydrogens (tertiary/aromatic N) is 2. The fourth-order valence-electron chi connectivity index (χ4n) is 2.11.